The van der Waals surface area contributed by atoms with Crippen molar-refractivity contribution in [2.45, 2.75) is 26.4 Å². The Kier molecular flexibility index (Phi) is 4.05. The molecule has 0 bridgehead atoms. The molecule has 0 saturated carbocycles. The zero-order valence-corrected chi connectivity index (χ0v) is 12.2. The van der Waals surface area contributed by atoms with Crippen molar-refractivity contribution in [1.82, 2.24) is 14.5 Å². The molecule has 0 saturated heterocycles. The Bertz CT molecular complexity index is 665. The van der Waals surface area contributed by atoms with Crippen molar-refractivity contribution in [3.8, 4) is 11.3 Å². The van der Waals surface area contributed by atoms with Gasteiger partial charge < -0.3 is 14.9 Å². The lowest BCUT2D eigenvalue weighted by atomic mass is 10.1. The van der Waals surface area contributed by atoms with Crippen molar-refractivity contribution in [3.05, 3.63) is 60.8 Å². The minimum Gasteiger partial charge on any atom is -0.379 e. The Morgan fingerprint density at radius 3 is 2.76 bits per heavy atom. The monoisotopic (exact) mass is 280 g/mol. The molecule has 2 heterocycles. The van der Waals surface area contributed by atoms with Crippen molar-refractivity contribution in [3.63, 3.8) is 0 Å². The van der Waals surface area contributed by atoms with Gasteiger partial charge in [0.15, 0.2) is 0 Å². The highest BCUT2D eigenvalue weighted by Gasteiger charge is 2.01. The van der Waals surface area contributed by atoms with E-state index in [1.165, 1.54) is 5.69 Å². The number of hydrogen-bond acceptors (Lipinski definition) is 2. The van der Waals surface area contributed by atoms with Gasteiger partial charge in [-0.05, 0) is 36.2 Å². The second-order valence-corrected chi connectivity index (χ2v) is 5.09. The van der Waals surface area contributed by atoms with Crippen molar-refractivity contribution in [1.29, 1.82) is 0 Å². The average molecular weight is 280 g/mol. The van der Waals surface area contributed by atoms with Gasteiger partial charge in [-0.15, -0.1) is 0 Å². The fourth-order valence-electron chi connectivity index (χ4n) is 2.44. The summed E-state index contributed by atoms with van der Waals surface area (Å²) < 4.78 is 2.30. The number of imidazole rings is 1. The van der Waals surface area contributed by atoms with Gasteiger partial charge >= 0.3 is 0 Å². The second-order valence-electron chi connectivity index (χ2n) is 5.09. The molecule has 1 aromatic carbocycles. The van der Waals surface area contributed by atoms with Crippen LogP contribution in [0.5, 0.6) is 0 Å². The number of hydrogen-bond donors (Lipinski definition) is 2. The van der Waals surface area contributed by atoms with Crippen LogP contribution in [0.2, 0.25) is 0 Å². The number of aryl methyl sites for hydroxylation is 1. The van der Waals surface area contributed by atoms with Crippen LogP contribution in [0.15, 0.2) is 55.1 Å². The standard InChI is InChI=1S/C17H20N4/c1-2-9-21-10-3-4-16(21)11-19-15-7-5-14(6-8-15)17-12-18-13-20-17/h3-8,10,12-13,19H,2,9,11H2,1H3,(H,18,20). The van der Waals surface area contributed by atoms with Crippen LogP contribution in [-0.2, 0) is 13.1 Å². The number of benzene rings is 1. The van der Waals surface area contributed by atoms with E-state index in [1.54, 1.807) is 6.33 Å². The van der Waals surface area contributed by atoms with Crippen LogP contribution < -0.4 is 5.32 Å². The third-order valence-electron chi connectivity index (χ3n) is 3.56. The van der Waals surface area contributed by atoms with Gasteiger partial charge in [-0.1, -0.05) is 19.1 Å². The van der Waals surface area contributed by atoms with E-state index in [0.29, 0.717) is 0 Å². The van der Waals surface area contributed by atoms with Gasteiger partial charge in [0.25, 0.3) is 0 Å². The molecule has 0 amide bonds. The fourth-order valence-corrected chi connectivity index (χ4v) is 2.44. The molecular formula is C17H20N4. The Hall–Kier alpha value is -2.49. The molecule has 4 nitrogen and oxygen atoms in total. The normalized spacial score (nSPS) is 10.7. The number of anilines is 1. The molecule has 2 N–H and O–H groups in total. The second kappa shape index (κ2) is 6.31. The molecule has 0 radical (unpaired) electrons. The summed E-state index contributed by atoms with van der Waals surface area (Å²) in [5.74, 6) is 0. The minimum atomic E-state index is 0.844. The van der Waals surface area contributed by atoms with Crippen molar-refractivity contribution in [2.24, 2.45) is 0 Å². The predicted molar refractivity (Wildman–Crippen MR) is 86.1 cm³/mol. The summed E-state index contributed by atoms with van der Waals surface area (Å²) in [6, 6.07) is 12.7. The molecule has 108 valence electrons. The first kappa shape index (κ1) is 13.5. The van der Waals surface area contributed by atoms with Crippen LogP contribution >= 0.6 is 0 Å². The van der Waals surface area contributed by atoms with Gasteiger partial charge in [0.2, 0.25) is 0 Å². The first-order valence-electron chi connectivity index (χ1n) is 7.33. The lowest BCUT2D eigenvalue weighted by molar-refractivity contribution is 0.654. The summed E-state index contributed by atoms with van der Waals surface area (Å²) in [6.45, 7) is 4.12. The molecule has 2 aromatic heterocycles. The molecular weight excluding hydrogens is 260 g/mol. The number of rotatable bonds is 6. The summed E-state index contributed by atoms with van der Waals surface area (Å²) in [5.41, 5.74) is 4.63. The van der Waals surface area contributed by atoms with Gasteiger partial charge in [-0.3, -0.25) is 0 Å². The van der Waals surface area contributed by atoms with E-state index in [4.69, 9.17) is 0 Å². The number of nitrogens with zero attached hydrogens (tertiary/aromatic N) is 2. The molecule has 3 aromatic rings. The quantitative estimate of drug-likeness (QED) is 0.719. The van der Waals surface area contributed by atoms with Crippen LogP contribution in [0.1, 0.15) is 19.0 Å². The van der Waals surface area contributed by atoms with E-state index < -0.39 is 0 Å². The molecule has 0 unspecified atom stereocenters. The van der Waals surface area contributed by atoms with Crippen molar-refractivity contribution < 1.29 is 0 Å². The van der Waals surface area contributed by atoms with Crippen LogP contribution in [0, 0.1) is 0 Å². The molecule has 3 rings (SSSR count). The molecule has 0 atom stereocenters. The average Bonchev–Trinajstić information content (AvgIpc) is 3.18. The molecule has 0 aliphatic heterocycles. The molecule has 0 aliphatic rings. The zero-order valence-electron chi connectivity index (χ0n) is 12.2. The maximum Gasteiger partial charge on any atom is 0.0924 e. The smallest absolute Gasteiger partial charge is 0.0924 e. The Labute approximate surface area is 124 Å². The largest absolute Gasteiger partial charge is 0.379 e. The summed E-state index contributed by atoms with van der Waals surface area (Å²) >= 11 is 0. The van der Waals surface area contributed by atoms with Gasteiger partial charge in [0.1, 0.15) is 0 Å². The van der Waals surface area contributed by atoms with Crippen LogP contribution in [0.3, 0.4) is 0 Å². The Morgan fingerprint density at radius 2 is 2.05 bits per heavy atom. The topological polar surface area (TPSA) is 45.6 Å². The molecule has 0 spiro atoms. The van der Waals surface area contributed by atoms with Gasteiger partial charge in [0.05, 0.1) is 24.8 Å². The highest BCUT2D eigenvalue weighted by molar-refractivity contribution is 5.61. The van der Waals surface area contributed by atoms with Crippen LogP contribution in [0.25, 0.3) is 11.3 Å². The summed E-state index contributed by atoms with van der Waals surface area (Å²) in [7, 11) is 0. The lowest BCUT2D eigenvalue weighted by Gasteiger charge is -2.10. The van der Waals surface area contributed by atoms with E-state index in [1.807, 2.05) is 6.20 Å². The van der Waals surface area contributed by atoms with E-state index in [9.17, 15) is 0 Å². The van der Waals surface area contributed by atoms with E-state index in [-0.39, 0.29) is 0 Å². The van der Waals surface area contributed by atoms with Crippen molar-refractivity contribution >= 4 is 5.69 Å². The SMILES string of the molecule is CCCn1cccc1CNc1ccc(-c2cnc[nH]2)cc1. The molecule has 0 aliphatic carbocycles. The first-order chi connectivity index (χ1) is 10.4. The van der Waals surface area contributed by atoms with Gasteiger partial charge in [-0.25, -0.2) is 4.98 Å². The minimum absolute atomic E-state index is 0.844. The van der Waals surface area contributed by atoms with Crippen LogP contribution in [0.4, 0.5) is 5.69 Å². The summed E-state index contributed by atoms with van der Waals surface area (Å²) in [6.07, 6.45) is 6.83. The highest BCUT2D eigenvalue weighted by atomic mass is 15.0. The van der Waals surface area contributed by atoms with E-state index in [2.05, 4.69) is 69.4 Å². The molecule has 21 heavy (non-hydrogen) atoms. The van der Waals surface area contributed by atoms with Gasteiger partial charge in [-0.2, -0.15) is 0 Å². The number of aromatic nitrogens is 3. The van der Waals surface area contributed by atoms with Crippen LogP contribution in [-0.4, -0.2) is 14.5 Å². The summed E-state index contributed by atoms with van der Waals surface area (Å²) in [4.78, 5) is 7.16. The zero-order chi connectivity index (χ0) is 14.5. The maximum atomic E-state index is 4.04. The van der Waals surface area contributed by atoms with E-state index in [0.717, 1.165) is 36.5 Å². The highest BCUT2D eigenvalue weighted by Crippen LogP contribution is 2.19. The maximum absolute atomic E-state index is 4.04. The van der Waals surface area contributed by atoms with E-state index >= 15 is 0 Å². The molecule has 0 fully saturated rings. The third kappa shape index (κ3) is 3.16. The number of aromatic amines is 1. The number of H-pyrrole nitrogens is 1. The Balaban J connectivity index is 1.64. The summed E-state index contributed by atoms with van der Waals surface area (Å²) in [5, 5.41) is 3.47. The predicted octanol–water partition coefficient (Wildman–Crippen LogP) is 3.90. The number of nitrogens with one attached hydrogen (secondary N) is 2. The van der Waals surface area contributed by atoms with Gasteiger partial charge in [0, 0.05) is 24.1 Å². The Morgan fingerprint density at radius 1 is 1.19 bits per heavy atom. The first-order valence-corrected chi connectivity index (χ1v) is 7.33. The lowest BCUT2D eigenvalue weighted by Crippen LogP contribution is -2.06. The fraction of sp³-hybridized carbons (Fsp3) is 0.235. The van der Waals surface area contributed by atoms with Crippen molar-refractivity contribution in [2.75, 3.05) is 5.32 Å². The third-order valence-corrected chi connectivity index (χ3v) is 3.56. The molecule has 4 heteroatoms.